The van der Waals surface area contributed by atoms with Gasteiger partial charge in [-0.3, -0.25) is 0 Å². The maximum atomic E-state index is 11.5. The number of rotatable bonds is 3. The summed E-state index contributed by atoms with van der Waals surface area (Å²) in [6, 6.07) is 7.81. The van der Waals surface area contributed by atoms with E-state index in [0.717, 1.165) is 11.3 Å². The summed E-state index contributed by atoms with van der Waals surface area (Å²) in [5, 5.41) is 3.62. The average Bonchev–Trinajstić information content (AvgIpc) is 2.71. The molecule has 0 aromatic heterocycles. The average molecular weight is 265 g/mol. The van der Waals surface area contributed by atoms with Crippen LogP contribution < -0.4 is 4.90 Å². The second kappa shape index (κ2) is 5.23. The molecule has 0 aliphatic carbocycles. The second-order valence-corrected chi connectivity index (χ2v) is 4.36. The topological polar surface area (TPSA) is 41.9 Å². The number of carbonyl (C=O) groups is 1. The number of hydrogen-bond acceptors (Lipinski definition) is 4. The van der Waals surface area contributed by atoms with Gasteiger partial charge in [0.1, 0.15) is 5.71 Å². The van der Waals surface area contributed by atoms with E-state index in [2.05, 4.69) is 9.99 Å². The molecule has 1 aliphatic rings. The maximum absolute atomic E-state index is 11.5. The highest BCUT2D eigenvalue weighted by atomic mass is 35.5. The van der Waals surface area contributed by atoms with Gasteiger partial charge < -0.3 is 9.74 Å². The molecule has 1 aromatic rings. The van der Waals surface area contributed by atoms with Gasteiger partial charge in [0.2, 0.25) is 0 Å². The van der Waals surface area contributed by atoms with Gasteiger partial charge in [-0.05, 0) is 23.8 Å². The first-order valence-corrected chi connectivity index (χ1v) is 5.99. The monoisotopic (exact) mass is 264 g/mol. The van der Waals surface area contributed by atoms with Crippen molar-refractivity contribution in [3.05, 3.63) is 35.4 Å². The van der Waals surface area contributed by atoms with Crippen molar-refractivity contribution in [2.75, 3.05) is 24.9 Å². The molecule has 0 saturated carbocycles. The molecule has 1 heterocycles. The number of anilines is 1. The zero-order valence-corrected chi connectivity index (χ0v) is 10.9. The van der Waals surface area contributed by atoms with E-state index in [1.807, 2.05) is 43.3 Å². The van der Waals surface area contributed by atoms with Crippen molar-refractivity contribution in [2.45, 2.75) is 0 Å². The molecule has 0 spiro atoms. The van der Waals surface area contributed by atoms with Crippen molar-refractivity contribution in [1.29, 1.82) is 0 Å². The van der Waals surface area contributed by atoms with Crippen LogP contribution in [0.3, 0.4) is 0 Å². The van der Waals surface area contributed by atoms with Crippen LogP contribution in [0.2, 0.25) is 0 Å². The molecular weight excluding hydrogens is 252 g/mol. The lowest BCUT2D eigenvalue weighted by Gasteiger charge is -2.11. The van der Waals surface area contributed by atoms with Crippen LogP contribution in [0.4, 0.5) is 5.69 Å². The van der Waals surface area contributed by atoms with E-state index >= 15 is 0 Å². The van der Waals surface area contributed by atoms with E-state index in [9.17, 15) is 4.79 Å². The van der Waals surface area contributed by atoms with Gasteiger partial charge in [-0.15, -0.1) is 11.6 Å². The Bertz CT molecular complexity index is 518. The smallest absolute Gasteiger partial charge is 0.367 e. The minimum atomic E-state index is -0.456. The number of halogens is 1. The van der Waals surface area contributed by atoms with E-state index < -0.39 is 5.97 Å². The number of benzene rings is 1. The van der Waals surface area contributed by atoms with Crippen molar-refractivity contribution >= 4 is 35.0 Å². The lowest BCUT2D eigenvalue weighted by Crippen LogP contribution is -2.08. The molecule has 5 heteroatoms. The molecule has 18 heavy (non-hydrogen) atoms. The third-order valence-electron chi connectivity index (χ3n) is 2.62. The summed E-state index contributed by atoms with van der Waals surface area (Å²) in [5.41, 5.74) is 2.89. The van der Waals surface area contributed by atoms with Crippen molar-refractivity contribution < 1.29 is 9.63 Å². The summed E-state index contributed by atoms with van der Waals surface area (Å²) in [4.78, 5) is 18.0. The lowest BCUT2D eigenvalue weighted by molar-refractivity contribution is -0.136. The Morgan fingerprint density at radius 3 is 2.56 bits per heavy atom. The summed E-state index contributed by atoms with van der Waals surface area (Å²) in [6.07, 6.45) is 1.73. The molecule has 0 radical (unpaired) electrons. The second-order valence-electron chi connectivity index (χ2n) is 4.09. The fourth-order valence-corrected chi connectivity index (χ4v) is 1.78. The number of carbonyl (C=O) groups excluding carboxylic acids is 1. The van der Waals surface area contributed by atoms with Gasteiger partial charge in [-0.2, -0.15) is 0 Å². The predicted molar refractivity (Wildman–Crippen MR) is 73.0 cm³/mol. The molecule has 0 unspecified atom stereocenters. The minimum absolute atomic E-state index is 0.160. The third-order valence-corrected chi connectivity index (χ3v) is 2.87. The van der Waals surface area contributed by atoms with Crippen LogP contribution in [-0.2, 0) is 9.63 Å². The standard InChI is InChI=1S/C13H13ClN2O2/c1-16(2)10-5-3-9(4-6-10)7-11-12(8-14)15-18-13(11)17/h3-7H,8H2,1-2H3/b11-7-. The normalized spacial score (nSPS) is 16.7. The zero-order valence-electron chi connectivity index (χ0n) is 10.2. The Morgan fingerprint density at radius 2 is 2.00 bits per heavy atom. The highest BCUT2D eigenvalue weighted by Crippen LogP contribution is 2.18. The Labute approximate surface area is 110 Å². The first kappa shape index (κ1) is 12.6. The molecule has 0 N–H and O–H groups in total. The minimum Gasteiger partial charge on any atom is -0.378 e. The van der Waals surface area contributed by atoms with Gasteiger partial charge in [0.15, 0.2) is 0 Å². The summed E-state index contributed by atoms with van der Waals surface area (Å²) < 4.78 is 0. The molecule has 1 aromatic carbocycles. The molecule has 2 rings (SSSR count). The molecular formula is C13H13ClN2O2. The summed E-state index contributed by atoms with van der Waals surface area (Å²) in [6.45, 7) is 0. The largest absolute Gasteiger partial charge is 0.378 e. The number of alkyl halides is 1. The van der Waals surface area contributed by atoms with Crippen LogP contribution in [-0.4, -0.2) is 31.7 Å². The van der Waals surface area contributed by atoms with Gasteiger partial charge in [-0.25, -0.2) is 4.79 Å². The van der Waals surface area contributed by atoms with Crippen LogP contribution in [0.15, 0.2) is 35.0 Å². The van der Waals surface area contributed by atoms with E-state index in [1.165, 1.54) is 0 Å². The maximum Gasteiger partial charge on any atom is 0.367 e. The van der Waals surface area contributed by atoms with E-state index in [1.54, 1.807) is 6.08 Å². The SMILES string of the molecule is CN(C)c1ccc(/C=C2\C(=O)ON=C2CCl)cc1. The van der Waals surface area contributed by atoms with Gasteiger partial charge in [0.25, 0.3) is 0 Å². The number of oxime groups is 1. The van der Waals surface area contributed by atoms with Gasteiger partial charge in [0.05, 0.1) is 11.5 Å². The van der Waals surface area contributed by atoms with Crippen molar-refractivity contribution in [1.82, 2.24) is 0 Å². The first-order chi connectivity index (χ1) is 8.61. The van der Waals surface area contributed by atoms with Crippen LogP contribution >= 0.6 is 11.6 Å². The zero-order chi connectivity index (χ0) is 13.1. The summed E-state index contributed by atoms with van der Waals surface area (Å²) in [7, 11) is 3.94. The Morgan fingerprint density at radius 1 is 1.33 bits per heavy atom. The first-order valence-electron chi connectivity index (χ1n) is 5.45. The molecule has 0 bridgehead atoms. The van der Waals surface area contributed by atoms with E-state index in [-0.39, 0.29) is 5.88 Å². The molecule has 0 saturated heterocycles. The fourth-order valence-electron chi connectivity index (χ4n) is 1.59. The predicted octanol–water partition coefficient (Wildman–Crippen LogP) is 2.29. The number of hydrogen-bond donors (Lipinski definition) is 0. The van der Waals surface area contributed by atoms with Crippen molar-refractivity contribution in [3.63, 3.8) is 0 Å². The van der Waals surface area contributed by atoms with Crippen LogP contribution in [0.5, 0.6) is 0 Å². The van der Waals surface area contributed by atoms with Crippen molar-refractivity contribution in [2.24, 2.45) is 5.16 Å². The molecule has 4 nitrogen and oxygen atoms in total. The van der Waals surface area contributed by atoms with Gasteiger partial charge in [-0.1, -0.05) is 17.3 Å². The quantitative estimate of drug-likeness (QED) is 0.478. The van der Waals surface area contributed by atoms with Crippen LogP contribution in [0, 0.1) is 0 Å². The van der Waals surface area contributed by atoms with Crippen LogP contribution in [0.25, 0.3) is 6.08 Å². The lowest BCUT2D eigenvalue weighted by atomic mass is 10.1. The highest BCUT2D eigenvalue weighted by molar-refractivity contribution is 6.38. The summed E-state index contributed by atoms with van der Waals surface area (Å²) >= 11 is 5.69. The third kappa shape index (κ3) is 2.54. The molecule has 0 amide bonds. The highest BCUT2D eigenvalue weighted by Gasteiger charge is 2.24. The molecule has 1 aliphatic heterocycles. The Hall–Kier alpha value is -1.81. The molecule has 0 atom stereocenters. The Kier molecular flexibility index (Phi) is 3.67. The van der Waals surface area contributed by atoms with Gasteiger partial charge >= 0.3 is 5.97 Å². The molecule has 94 valence electrons. The van der Waals surface area contributed by atoms with E-state index in [4.69, 9.17) is 11.6 Å². The van der Waals surface area contributed by atoms with Crippen molar-refractivity contribution in [3.8, 4) is 0 Å². The number of nitrogens with zero attached hydrogens (tertiary/aromatic N) is 2. The van der Waals surface area contributed by atoms with Gasteiger partial charge in [0, 0.05) is 19.8 Å². The molecule has 0 fully saturated rings. The fraction of sp³-hybridized carbons (Fsp3) is 0.231. The van der Waals surface area contributed by atoms with Crippen LogP contribution in [0.1, 0.15) is 5.56 Å². The Balaban J connectivity index is 2.27. The van der Waals surface area contributed by atoms with E-state index in [0.29, 0.717) is 11.3 Å². The summed E-state index contributed by atoms with van der Waals surface area (Å²) in [5.74, 6) is -0.296.